The van der Waals surface area contributed by atoms with E-state index in [0.717, 1.165) is 0 Å². The number of nitrogens with one attached hydrogen (secondary N) is 1. The molecular weight excluding hydrogens is 538 g/mol. The van der Waals surface area contributed by atoms with Gasteiger partial charge in [0.15, 0.2) is 23.1 Å². The van der Waals surface area contributed by atoms with Crippen molar-refractivity contribution < 1.29 is 37.0 Å². The van der Waals surface area contributed by atoms with Crippen LogP contribution in [0.3, 0.4) is 0 Å². The third kappa shape index (κ3) is 6.45. The normalized spacial score (nSPS) is 13.1. The first-order valence-electron chi connectivity index (χ1n) is 13.5. The number of anilines is 1. The van der Waals surface area contributed by atoms with Crippen LogP contribution in [0.15, 0.2) is 71.9 Å². The van der Waals surface area contributed by atoms with Crippen molar-refractivity contribution in [3.8, 4) is 34.8 Å². The van der Waals surface area contributed by atoms with Gasteiger partial charge in [-0.1, -0.05) is 38.1 Å². The van der Waals surface area contributed by atoms with Crippen molar-refractivity contribution in [1.82, 2.24) is 19.9 Å². The molecule has 0 aliphatic heterocycles. The quantitative estimate of drug-likeness (QED) is 0.229. The third-order valence-corrected chi connectivity index (χ3v) is 7.03. The predicted octanol–water partition coefficient (Wildman–Crippen LogP) is 3.18. The van der Waals surface area contributed by atoms with Gasteiger partial charge in [0, 0.05) is 17.8 Å². The number of hydrogen-bond donors (Lipinski definition) is 3. The number of sulfonamides is 1. The van der Waals surface area contributed by atoms with Crippen molar-refractivity contribution in [3.05, 3.63) is 72.6 Å². The molecule has 0 spiro atoms. The molecule has 0 saturated carbocycles. The minimum Gasteiger partial charge on any atom is -0.493 e. The third-order valence-electron chi connectivity index (χ3n) is 5.67. The highest BCUT2D eigenvalue weighted by molar-refractivity contribution is 7.92. The molecule has 2 aromatic carbocycles. The summed E-state index contributed by atoms with van der Waals surface area (Å²) in [6.07, 6.45) is 2.87. The molecule has 0 unspecified atom stereocenters. The Bertz CT molecular complexity index is 1660. The average molecular weight is 571 g/mol. The van der Waals surface area contributed by atoms with Gasteiger partial charge in [-0.2, -0.15) is 4.98 Å². The number of aliphatic hydroxyl groups is 2. The van der Waals surface area contributed by atoms with E-state index in [0.29, 0.717) is 5.56 Å². The molecule has 0 bridgehead atoms. The Morgan fingerprint density at radius 3 is 2.30 bits per heavy atom. The summed E-state index contributed by atoms with van der Waals surface area (Å²) in [4.78, 5) is 16.7. The first-order valence-corrected chi connectivity index (χ1v) is 13.4. The van der Waals surface area contributed by atoms with Crippen LogP contribution in [0.2, 0.25) is 0 Å². The van der Waals surface area contributed by atoms with Crippen molar-refractivity contribution in [1.29, 1.82) is 0 Å². The average Bonchev–Trinajstić information content (AvgIpc) is 2.97. The minimum atomic E-state index is -4.32. The molecule has 12 nitrogen and oxygen atoms in total. The number of rotatable bonds is 12. The van der Waals surface area contributed by atoms with Crippen LogP contribution in [0.1, 0.15) is 23.5 Å². The van der Waals surface area contributed by atoms with Gasteiger partial charge >= 0.3 is 0 Å². The number of hydrogen-bond acceptors (Lipinski definition) is 11. The fourth-order valence-electron chi connectivity index (χ4n) is 3.44. The Hall–Kier alpha value is -4.33. The highest BCUT2D eigenvalue weighted by Gasteiger charge is 2.27. The fourth-order valence-corrected chi connectivity index (χ4v) is 4.44. The molecule has 3 N–H and O–H groups in total. The van der Waals surface area contributed by atoms with Gasteiger partial charge in [-0.25, -0.2) is 23.4 Å². The van der Waals surface area contributed by atoms with E-state index in [-0.39, 0.29) is 52.9 Å². The second kappa shape index (κ2) is 12.2. The van der Waals surface area contributed by atoms with Crippen molar-refractivity contribution >= 4 is 15.8 Å². The molecule has 210 valence electrons. The first kappa shape index (κ1) is 24.7. The lowest BCUT2D eigenvalue weighted by molar-refractivity contribution is 0.192. The summed E-state index contributed by atoms with van der Waals surface area (Å²) in [5.74, 6) is -1.44. The van der Waals surface area contributed by atoms with Crippen LogP contribution in [0.4, 0.5) is 5.82 Å². The van der Waals surface area contributed by atoms with Crippen LogP contribution in [-0.4, -0.2) is 65.4 Å². The summed E-state index contributed by atoms with van der Waals surface area (Å²) in [5.41, 5.74) is 0.117. The fraction of sp³-hybridized carbons (Fsp3) is 0.259. The maximum Gasteiger partial charge on any atom is 0.263 e. The Labute approximate surface area is 235 Å². The Morgan fingerprint density at radius 2 is 1.65 bits per heavy atom. The van der Waals surface area contributed by atoms with Gasteiger partial charge in [0.25, 0.3) is 15.9 Å². The minimum absolute atomic E-state index is 0.0325. The number of nitrogens with zero attached hydrogens (tertiary/aromatic N) is 4. The first-order chi connectivity index (χ1) is 20.3. The second-order valence-corrected chi connectivity index (χ2v) is 10.7. The van der Waals surface area contributed by atoms with Crippen molar-refractivity contribution in [2.24, 2.45) is 0 Å². The van der Waals surface area contributed by atoms with Gasteiger partial charge in [-0.05, 0) is 35.9 Å². The van der Waals surface area contributed by atoms with E-state index in [9.17, 15) is 18.6 Å². The highest BCUT2D eigenvalue weighted by Crippen LogP contribution is 2.41. The smallest absolute Gasteiger partial charge is 0.263 e. The zero-order chi connectivity index (χ0) is 31.3. The van der Waals surface area contributed by atoms with Crippen LogP contribution in [0, 0.1) is 0 Å². The SMILES string of the molecule is [2H]C([2H])([2H])Oc1ccccc1Oc1c(NS(=O)(=O)c2ccc(C(C)(C)CO)cc2)nc(-c2ncccn2)nc1OCCO. The standard InChI is InChI=1S/C27H29N5O7S/c1-27(2,17-34)18-9-11-19(12-10-18)40(35,36)32-23-22(39-21-8-5-4-7-20(21)37-3)26(38-16-15-33)31-25(30-23)24-28-13-6-14-29-24/h4-14,33-34H,15-17H2,1-3H3,(H,30,31,32)/i3D3. The molecule has 40 heavy (non-hydrogen) atoms. The maximum atomic E-state index is 13.6. The largest absolute Gasteiger partial charge is 0.493 e. The van der Waals surface area contributed by atoms with Gasteiger partial charge in [-0.15, -0.1) is 0 Å². The van der Waals surface area contributed by atoms with Crippen LogP contribution in [0.5, 0.6) is 23.1 Å². The summed E-state index contributed by atoms with van der Waals surface area (Å²) in [7, 11) is -7.14. The maximum absolute atomic E-state index is 13.6. The molecule has 13 heteroatoms. The molecule has 4 rings (SSSR count). The Morgan fingerprint density at radius 1 is 0.950 bits per heavy atom. The lowest BCUT2D eigenvalue weighted by Gasteiger charge is -2.22. The number of methoxy groups -OCH3 is 1. The zero-order valence-corrected chi connectivity index (χ0v) is 22.4. The molecule has 4 aromatic rings. The van der Waals surface area contributed by atoms with Crippen LogP contribution < -0.4 is 18.9 Å². The van der Waals surface area contributed by atoms with Crippen LogP contribution >= 0.6 is 0 Å². The molecule has 2 heterocycles. The molecule has 0 radical (unpaired) electrons. The van der Waals surface area contributed by atoms with Gasteiger partial charge in [-0.3, -0.25) is 4.72 Å². The summed E-state index contributed by atoms with van der Waals surface area (Å²) >= 11 is 0. The van der Waals surface area contributed by atoms with E-state index in [1.807, 2.05) is 13.8 Å². The van der Waals surface area contributed by atoms with Crippen LogP contribution in [-0.2, 0) is 15.4 Å². The lowest BCUT2D eigenvalue weighted by Crippen LogP contribution is -2.22. The number of para-hydroxylation sites is 2. The van der Waals surface area contributed by atoms with E-state index < -0.39 is 34.9 Å². The molecular formula is C27H29N5O7S. The van der Waals surface area contributed by atoms with Crippen LogP contribution in [0.25, 0.3) is 11.6 Å². The van der Waals surface area contributed by atoms with E-state index in [4.69, 9.17) is 18.3 Å². The van der Waals surface area contributed by atoms with Gasteiger partial charge in [0.2, 0.25) is 11.6 Å². The summed E-state index contributed by atoms with van der Waals surface area (Å²) in [5, 5.41) is 19.1. The molecule has 0 fully saturated rings. The summed E-state index contributed by atoms with van der Waals surface area (Å²) in [6, 6.07) is 13.3. The lowest BCUT2D eigenvalue weighted by atomic mass is 9.86. The topological polar surface area (TPSA) is 166 Å². The number of aliphatic hydroxyl groups excluding tert-OH is 2. The monoisotopic (exact) mass is 570 g/mol. The molecule has 0 aliphatic carbocycles. The highest BCUT2D eigenvalue weighted by atomic mass is 32.2. The number of aromatic nitrogens is 4. The van der Waals surface area contributed by atoms with Crippen molar-refractivity contribution in [2.45, 2.75) is 24.2 Å². The number of benzene rings is 2. The molecule has 0 saturated heterocycles. The molecule has 0 aliphatic rings. The second-order valence-electron chi connectivity index (χ2n) is 9.00. The van der Waals surface area contributed by atoms with Gasteiger partial charge < -0.3 is 24.4 Å². The van der Waals surface area contributed by atoms with Crippen molar-refractivity contribution in [2.75, 3.05) is 31.6 Å². The van der Waals surface area contributed by atoms with Gasteiger partial charge in [0.1, 0.15) is 6.61 Å². The number of ether oxygens (including phenoxy) is 3. The van der Waals surface area contributed by atoms with E-state index in [1.54, 1.807) is 24.3 Å². The molecule has 0 amide bonds. The van der Waals surface area contributed by atoms with E-state index >= 15 is 0 Å². The van der Waals surface area contributed by atoms with Crippen molar-refractivity contribution in [3.63, 3.8) is 0 Å². The Kier molecular flexibility index (Phi) is 7.56. The molecule has 0 atom stereocenters. The van der Waals surface area contributed by atoms with E-state index in [1.165, 1.54) is 42.7 Å². The predicted molar refractivity (Wildman–Crippen MR) is 146 cm³/mol. The summed E-state index contributed by atoms with van der Waals surface area (Å²) < 4.78 is 68.6. The van der Waals surface area contributed by atoms with E-state index in [2.05, 4.69) is 24.7 Å². The zero-order valence-electron chi connectivity index (χ0n) is 24.6. The Balaban J connectivity index is 1.85. The molecule has 2 aromatic heterocycles. The van der Waals surface area contributed by atoms with Gasteiger partial charge in [0.05, 0.1) is 29.3 Å². The summed E-state index contributed by atoms with van der Waals surface area (Å²) in [6.45, 7) is 2.80.